The van der Waals surface area contributed by atoms with Crippen LogP contribution in [0.3, 0.4) is 0 Å². The molecule has 10 nitrogen and oxygen atoms in total. The van der Waals surface area contributed by atoms with Gasteiger partial charge in [0.2, 0.25) is 0 Å². The van der Waals surface area contributed by atoms with E-state index >= 15 is 0 Å². The van der Waals surface area contributed by atoms with Crippen molar-refractivity contribution in [2.45, 2.75) is 35.6 Å². The third-order valence-electron chi connectivity index (χ3n) is 2.80. The molecule has 0 radical (unpaired) electrons. The lowest BCUT2D eigenvalue weighted by Gasteiger charge is -2.44. The van der Waals surface area contributed by atoms with Crippen molar-refractivity contribution in [1.29, 1.82) is 0 Å². The van der Waals surface area contributed by atoms with E-state index in [-0.39, 0.29) is 0 Å². The van der Waals surface area contributed by atoms with Gasteiger partial charge in [0.25, 0.3) is 6.29 Å². The van der Waals surface area contributed by atoms with Gasteiger partial charge >= 0.3 is 28.8 Å². The second-order valence-corrected chi connectivity index (χ2v) is 5.00. The first-order valence-corrected chi connectivity index (χ1v) is 5.67. The Bertz CT molecular complexity index is 489. The van der Waals surface area contributed by atoms with Crippen LogP contribution in [0, 0.1) is 0 Å². The van der Waals surface area contributed by atoms with Gasteiger partial charge in [-0.1, -0.05) is 12.6 Å². The van der Waals surface area contributed by atoms with E-state index in [0.29, 0.717) is 0 Å². The standard InChI is InChI=1S/C9H10O10S/c10-3-1-7(14)2-4(11)18-9(16,20)8(15,6(13)17-3)19-5(7)12/h6,13-16,20H,1-2H2. The van der Waals surface area contributed by atoms with Crippen LogP contribution in [-0.2, 0) is 28.6 Å². The van der Waals surface area contributed by atoms with E-state index in [9.17, 15) is 34.8 Å². The summed E-state index contributed by atoms with van der Waals surface area (Å²) in [5.41, 5.74) is -2.66. The largest absolute Gasteiger partial charge is 0.428 e. The fraction of sp³-hybridized carbons (Fsp3) is 0.667. The summed E-state index contributed by atoms with van der Waals surface area (Å²) in [6, 6.07) is 0. The Morgan fingerprint density at radius 2 is 1.60 bits per heavy atom. The summed E-state index contributed by atoms with van der Waals surface area (Å²) in [6.45, 7) is 0. The lowest BCUT2D eigenvalue weighted by atomic mass is 9.94. The Hall–Kier alpha value is -1.40. The Morgan fingerprint density at radius 1 is 1.05 bits per heavy atom. The minimum Gasteiger partial charge on any atom is -0.428 e. The number of thiol groups is 1. The summed E-state index contributed by atoms with van der Waals surface area (Å²) in [7, 11) is 0. The molecule has 4 unspecified atom stereocenters. The molecule has 2 saturated heterocycles. The molecule has 2 fully saturated rings. The zero-order valence-electron chi connectivity index (χ0n) is 9.68. The molecule has 112 valence electrons. The molecule has 0 aliphatic carbocycles. The number of hydrogen-bond donors (Lipinski definition) is 5. The molecule has 0 aromatic heterocycles. The van der Waals surface area contributed by atoms with Crippen LogP contribution in [0.1, 0.15) is 12.8 Å². The Morgan fingerprint density at radius 3 is 2.20 bits per heavy atom. The number of esters is 3. The summed E-state index contributed by atoms with van der Waals surface area (Å²) >= 11 is 3.37. The summed E-state index contributed by atoms with van der Waals surface area (Å²) in [4.78, 5) is 34.6. The van der Waals surface area contributed by atoms with E-state index < -0.39 is 53.5 Å². The van der Waals surface area contributed by atoms with Crippen LogP contribution in [0.15, 0.2) is 0 Å². The quantitative estimate of drug-likeness (QED) is 0.133. The third kappa shape index (κ3) is 2.13. The van der Waals surface area contributed by atoms with Crippen LogP contribution in [0.2, 0.25) is 0 Å². The predicted octanol–water partition coefficient (Wildman–Crippen LogP) is -3.26. The maximum absolute atomic E-state index is 11.7. The van der Waals surface area contributed by atoms with E-state index in [1.54, 1.807) is 0 Å². The Balaban J connectivity index is 2.59. The van der Waals surface area contributed by atoms with Crippen molar-refractivity contribution in [3.05, 3.63) is 0 Å². The zero-order valence-corrected chi connectivity index (χ0v) is 10.6. The van der Waals surface area contributed by atoms with Gasteiger partial charge in [0.1, 0.15) is 0 Å². The molecular formula is C9H10O10S. The molecule has 2 aliphatic heterocycles. The average molecular weight is 310 g/mol. The summed E-state index contributed by atoms with van der Waals surface area (Å²) in [5.74, 6) is -7.72. The van der Waals surface area contributed by atoms with Crippen molar-refractivity contribution in [2.75, 3.05) is 0 Å². The molecule has 2 aliphatic rings. The number of aliphatic hydroxyl groups excluding tert-OH is 1. The van der Waals surface area contributed by atoms with Gasteiger partial charge in [-0.25, -0.2) is 4.79 Å². The topological polar surface area (TPSA) is 160 Å². The summed E-state index contributed by atoms with van der Waals surface area (Å²) < 4.78 is 12.9. The van der Waals surface area contributed by atoms with Crippen LogP contribution in [-0.4, -0.2) is 61.1 Å². The van der Waals surface area contributed by atoms with E-state index in [4.69, 9.17) is 0 Å². The zero-order chi connectivity index (χ0) is 15.3. The molecule has 2 heterocycles. The van der Waals surface area contributed by atoms with E-state index in [2.05, 4.69) is 26.8 Å². The molecule has 0 aromatic rings. The average Bonchev–Trinajstić information content (AvgIpc) is 2.24. The van der Waals surface area contributed by atoms with Crippen LogP contribution in [0.4, 0.5) is 0 Å². The Kier molecular flexibility index (Phi) is 3.22. The van der Waals surface area contributed by atoms with Crippen molar-refractivity contribution in [3.8, 4) is 0 Å². The second kappa shape index (κ2) is 4.30. The van der Waals surface area contributed by atoms with Gasteiger partial charge in [0, 0.05) is 0 Å². The van der Waals surface area contributed by atoms with Gasteiger partial charge < -0.3 is 34.6 Å². The molecule has 0 saturated carbocycles. The fourth-order valence-corrected chi connectivity index (χ4v) is 1.97. The van der Waals surface area contributed by atoms with Crippen LogP contribution < -0.4 is 0 Å². The monoisotopic (exact) mass is 310 g/mol. The lowest BCUT2D eigenvalue weighted by Crippen LogP contribution is -2.68. The van der Waals surface area contributed by atoms with Gasteiger partial charge in [-0.05, 0) is 0 Å². The minimum atomic E-state index is -3.42. The minimum absolute atomic E-state index is 1.01. The van der Waals surface area contributed by atoms with Gasteiger partial charge in [-0.3, -0.25) is 9.59 Å². The number of hydrogen-bond acceptors (Lipinski definition) is 11. The third-order valence-corrected chi connectivity index (χ3v) is 3.21. The Labute approximate surface area is 116 Å². The maximum Gasteiger partial charge on any atom is 0.351 e. The van der Waals surface area contributed by atoms with Crippen molar-refractivity contribution in [3.63, 3.8) is 0 Å². The first-order chi connectivity index (χ1) is 9.00. The highest BCUT2D eigenvalue weighted by molar-refractivity contribution is 7.81. The molecule has 2 bridgehead atoms. The molecule has 0 spiro atoms. The highest BCUT2D eigenvalue weighted by Gasteiger charge is 2.66. The van der Waals surface area contributed by atoms with E-state index in [1.807, 2.05) is 0 Å². The molecule has 0 amide bonds. The molecule has 20 heavy (non-hydrogen) atoms. The van der Waals surface area contributed by atoms with Gasteiger partial charge in [-0.2, -0.15) is 0 Å². The normalized spacial score (nSPS) is 45.5. The SMILES string of the molecule is O=C1CC2(O)CC(=O)OC(O)(S)C(O)(OC2=O)C(O)O1. The molecular weight excluding hydrogens is 300 g/mol. The number of carbonyl (C=O) groups is 3. The van der Waals surface area contributed by atoms with Crippen LogP contribution >= 0.6 is 12.6 Å². The highest BCUT2D eigenvalue weighted by Crippen LogP contribution is 2.39. The summed E-state index contributed by atoms with van der Waals surface area (Å²) in [6.07, 6.45) is -4.66. The van der Waals surface area contributed by atoms with E-state index in [1.165, 1.54) is 0 Å². The number of cyclic esters (lactones) is 2. The van der Waals surface area contributed by atoms with Crippen LogP contribution in [0.25, 0.3) is 0 Å². The number of fused-ring (bicyclic) bond motifs is 3. The molecule has 0 aromatic carbocycles. The maximum atomic E-state index is 11.7. The number of carbonyl (C=O) groups excluding carboxylic acids is 3. The van der Waals surface area contributed by atoms with Gasteiger partial charge in [0.15, 0.2) is 5.60 Å². The fourth-order valence-electron chi connectivity index (χ4n) is 1.71. The van der Waals surface area contributed by atoms with Gasteiger partial charge in [0.05, 0.1) is 12.8 Å². The molecule has 11 heteroatoms. The molecule has 2 rings (SSSR count). The van der Waals surface area contributed by atoms with Crippen LogP contribution in [0.5, 0.6) is 0 Å². The van der Waals surface area contributed by atoms with Crippen molar-refractivity contribution >= 4 is 30.5 Å². The van der Waals surface area contributed by atoms with Crippen molar-refractivity contribution < 1.29 is 49.0 Å². The second-order valence-electron chi connectivity index (χ2n) is 4.40. The number of aliphatic hydroxyl groups is 4. The first-order valence-electron chi connectivity index (χ1n) is 5.22. The summed E-state index contributed by atoms with van der Waals surface area (Å²) in [5, 5.41) is 35.9. The number of rotatable bonds is 0. The molecule has 4 atom stereocenters. The number of ether oxygens (including phenoxy) is 3. The van der Waals surface area contributed by atoms with Crippen molar-refractivity contribution in [1.82, 2.24) is 0 Å². The van der Waals surface area contributed by atoms with Crippen molar-refractivity contribution in [2.24, 2.45) is 0 Å². The van der Waals surface area contributed by atoms with Gasteiger partial charge in [-0.15, -0.1) is 0 Å². The highest BCUT2D eigenvalue weighted by atomic mass is 32.1. The molecule has 4 N–H and O–H groups in total. The first kappa shape index (κ1) is 15.0. The predicted molar refractivity (Wildman–Crippen MR) is 57.4 cm³/mol. The lowest BCUT2D eigenvalue weighted by molar-refractivity contribution is -0.391. The van der Waals surface area contributed by atoms with E-state index in [0.717, 1.165) is 0 Å². The smallest absolute Gasteiger partial charge is 0.351 e.